The fourth-order valence-corrected chi connectivity index (χ4v) is 6.65. The van der Waals surface area contributed by atoms with E-state index < -0.39 is 0 Å². The zero-order chi connectivity index (χ0) is 21.2. The summed E-state index contributed by atoms with van der Waals surface area (Å²) >= 11 is 1.85. The number of benzene rings is 1. The van der Waals surface area contributed by atoms with Crippen molar-refractivity contribution in [3.63, 3.8) is 0 Å². The van der Waals surface area contributed by atoms with E-state index in [1.165, 1.54) is 63.0 Å². The van der Waals surface area contributed by atoms with Crippen LogP contribution in [0.3, 0.4) is 0 Å². The van der Waals surface area contributed by atoms with E-state index in [0.29, 0.717) is 12.0 Å². The molecule has 2 aliphatic heterocycles. The zero-order valence-electron chi connectivity index (χ0n) is 18.5. The average molecular weight is 444 g/mol. The number of likely N-dealkylation sites (tertiary alicyclic amines) is 1. The maximum atomic E-state index is 13.3. The fraction of sp³-hybridized carbons (Fsp3) is 0.667. The first-order chi connectivity index (χ1) is 15.2. The Morgan fingerprint density at radius 2 is 1.84 bits per heavy atom. The number of thioether (sulfide) groups is 1. The second-order valence-electron chi connectivity index (χ2n) is 9.48. The molecule has 0 radical (unpaired) electrons. The molecule has 1 saturated carbocycles. The molecule has 2 atom stereocenters. The van der Waals surface area contributed by atoms with E-state index in [4.69, 9.17) is 0 Å². The van der Waals surface area contributed by atoms with Gasteiger partial charge in [-0.05, 0) is 62.4 Å². The van der Waals surface area contributed by atoms with Crippen LogP contribution < -0.4 is 4.90 Å². The van der Waals surface area contributed by atoms with Gasteiger partial charge in [0, 0.05) is 50.1 Å². The molecule has 3 heterocycles. The van der Waals surface area contributed by atoms with Crippen molar-refractivity contribution in [2.45, 2.75) is 62.1 Å². The van der Waals surface area contributed by atoms with Crippen LogP contribution in [0.2, 0.25) is 0 Å². The molecule has 1 aromatic carbocycles. The molecule has 0 N–H and O–H groups in total. The molecule has 3 fully saturated rings. The van der Waals surface area contributed by atoms with E-state index in [2.05, 4.69) is 31.6 Å². The first-order valence-corrected chi connectivity index (χ1v) is 12.9. The van der Waals surface area contributed by atoms with Crippen LogP contribution in [0.15, 0.2) is 29.4 Å². The predicted octanol–water partition coefficient (Wildman–Crippen LogP) is 4.69. The standard InChI is InChI=1S/C24H34FN5S/c1-28-23(18-6-3-2-4-7-18)26-27-24(28)31-15-5-13-29-16-19-12-14-30(22(19)17-29)21-10-8-20(25)9-11-21/h8-11,18-19,22H,2-7,12-17H2,1H3/t19-,22+/m0/s1. The van der Waals surface area contributed by atoms with Crippen LogP contribution in [0.25, 0.3) is 0 Å². The minimum atomic E-state index is -0.154. The van der Waals surface area contributed by atoms with Gasteiger partial charge >= 0.3 is 0 Å². The molecule has 1 aliphatic carbocycles. The Morgan fingerprint density at radius 1 is 1.03 bits per heavy atom. The lowest BCUT2D eigenvalue weighted by molar-refractivity contribution is 0.319. The predicted molar refractivity (Wildman–Crippen MR) is 124 cm³/mol. The summed E-state index contributed by atoms with van der Waals surface area (Å²) in [7, 11) is 2.14. The van der Waals surface area contributed by atoms with E-state index in [1.807, 2.05) is 23.9 Å². The van der Waals surface area contributed by atoms with Crippen molar-refractivity contribution in [2.75, 3.05) is 36.8 Å². The van der Waals surface area contributed by atoms with Gasteiger partial charge in [0.05, 0.1) is 0 Å². The summed E-state index contributed by atoms with van der Waals surface area (Å²) in [5.74, 6) is 3.47. The minimum Gasteiger partial charge on any atom is -0.367 e. The number of aromatic nitrogens is 3. The largest absolute Gasteiger partial charge is 0.367 e. The topological polar surface area (TPSA) is 37.2 Å². The van der Waals surface area contributed by atoms with E-state index in [0.717, 1.165) is 36.5 Å². The molecule has 0 bridgehead atoms. The SMILES string of the molecule is Cn1c(SCCCN2C[C@@H]3CCN(c4ccc(F)cc4)[C@@H]3C2)nnc1C1CCCCC1. The highest BCUT2D eigenvalue weighted by Crippen LogP contribution is 2.35. The molecule has 5 rings (SSSR count). The van der Waals surface area contributed by atoms with Crippen LogP contribution in [0, 0.1) is 11.7 Å². The number of halogens is 1. The highest BCUT2D eigenvalue weighted by atomic mass is 32.2. The van der Waals surface area contributed by atoms with E-state index in [1.54, 1.807) is 12.1 Å². The Hall–Kier alpha value is -1.60. The van der Waals surface area contributed by atoms with Crippen LogP contribution in [0.4, 0.5) is 10.1 Å². The quantitative estimate of drug-likeness (QED) is 0.458. The molecule has 0 unspecified atom stereocenters. The van der Waals surface area contributed by atoms with E-state index >= 15 is 0 Å². The molecule has 0 amide bonds. The van der Waals surface area contributed by atoms with Gasteiger partial charge < -0.3 is 14.4 Å². The monoisotopic (exact) mass is 443 g/mol. The van der Waals surface area contributed by atoms with Crippen molar-refractivity contribution in [2.24, 2.45) is 13.0 Å². The van der Waals surface area contributed by atoms with Gasteiger partial charge in [0.1, 0.15) is 11.6 Å². The second-order valence-corrected chi connectivity index (χ2v) is 10.5. The average Bonchev–Trinajstić information content (AvgIpc) is 3.47. The zero-order valence-corrected chi connectivity index (χ0v) is 19.4. The molecule has 1 aromatic heterocycles. The summed E-state index contributed by atoms with van der Waals surface area (Å²) in [6.45, 7) is 4.57. The van der Waals surface area contributed by atoms with Crippen molar-refractivity contribution in [1.82, 2.24) is 19.7 Å². The number of nitrogens with zero attached hydrogens (tertiary/aromatic N) is 5. The van der Waals surface area contributed by atoms with E-state index in [9.17, 15) is 4.39 Å². The Morgan fingerprint density at radius 3 is 2.65 bits per heavy atom. The van der Waals surface area contributed by atoms with Crippen LogP contribution >= 0.6 is 11.8 Å². The number of anilines is 1. The molecule has 31 heavy (non-hydrogen) atoms. The van der Waals surface area contributed by atoms with Crippen LogP contribution in [0.1, 0.15) is 56.7 Å². The van der Waals surface area contributed by atoms with Gasteiger partial charge in [-0.25, -0.2) is 4.39 Å². The summed E-state index contributed by atoms with van der Waals surface area (Å²) in [6.07, 6.45) is 8.98. The molecule has 2 saturated heterocycles. The lowest BCUT2D eigenvalue weighted by Crippen LogP contribution is -2.35. The molecule has 168 valence electrons. The summed E-state index contributed by atoms with van der Waals surface area (Å²) in [4.78, 5) is 5.11. The van der Waals surface area contributed by atoms with Gasteiger partial charge in [-0.15, -0.1) is 10.2 Å². The fourth-order valence-electron chi connectivity index (χ4n) is 5.80. The number of hydrogen-bond donors (Lipinski definition) is 0. The highest BCUT2D eigenvalue weighted by Gasteiger charge is 2.41. The normalized spacial score (nSPS) is 24.8. The van der Waals surface area contributed by atoms with Gasteiger partial charge in [0.25, 0.3) is 0 Å². The smallest absolute Gasteiger partial charge is 0.190 e. The molecule has 0 spiro atoms. The highest BCUT2D eigenvalue weighted by molar-refractivity contribution is 7.99. The van der Waals surface area contributed by atoms with Gasteiger partial charge in [0.2, 0.25) is 0 Å². The van der Waals surface area contributed by atoms with Gasteiger partial charge in [-0.1, -0.05) is 31.0 Å². The third-order valence-corrected chi connectivity index (χ3v) is 8.58. The van der Waals surface area contributed by atoms with Crippen molar-refractivity contribution in [1.29, 1.82) is 0 Å². The molecule has 2 aromatic rings. The van der Waals surface area contributed by atoms with Crippen LogP contribution in [-0.2, 0) is 7.05 Å². The summed E-state index contributed by atoms with van der Waals surface area (Å²) in [5.41, 5.74) is 1.17. The van der Waals surface area contributed by atoms with Gasteiger partial charge in [-0.2, -0.15) is 0 Å². The third-order valence-electron chi connectivity index (χ3n) is 7.47. The maximum absolute atomic E-state index is 13.3. The van der Waals surface area contributed by atoms with Crippen molar-refractivity contribution >= 4 is 17.4 Å². The Balaban J connectivity index is 1.08. The van der Waals surface area contributed by atoms with Crippen molar-refractivity contribution in [3.8, 4) is 0 Å². The third kappa shape index (κ3) is 4.63. The number of rotatable bonds is 7. The molecule has 7 heteroatoms. The van der Waals surface area contributed by atoms with Crippen LogP contribution in [0.5, 0.6) is 0 Å². The summed E-state index contributed by atoms with van der Waals surface area (Å²) in [6, 6.07) is 7.60. The van der Waals surface area contributed by atoms with E-state index in [-0.39, 0.29) is 5.82 Å². The Labute approximate surface area is 189 Å². The maximum Gasteiger partial charge on any atom is 0.190 e. The van der Waals surface area contributed by atoms with Crippen molar-refractivity contribution < 1.29 is 4.39 Å². The second kappa shape index (κ2) is 9.49. The van der Waals surface area contributed by atoms with Gasteiger partial charge in [0.15, 0.2) is 5.16 Å². The molecule has 5 nitrogen and oxygen atoms in total. The molecule has 3 aliphatic rings. The molecular weight excluding hydrogens is 409 g/mol. The van der Waals surface area contributed by atoms with Crippen LogP contribution in [-0.4, -0.2) is 57.6 Å². The number of hydrogen-bond acceptors (Lipinski definition) is 5. The summed E-state index contributed by atoms with van der Waals surface area (Å²) < 4.78 is 15.5. The first-order valence-electron chi connectivity index (χ1n) is 12.0. The Kier molecular flexibility index (Phi) is 6.51. The minimum absolute atomic E-state index is 0.154. The summed E-state index contributed by atoms with van der Waals surface area (Å²) in [5, 5.41) is 10.1. The number of fused-ring (bicyclic) bond motifs is 1. The first kappa shape index (κ1) is 21.3. The Bertz CT molecular complexity index is 863. The lowest BCUT2D eigenvalue weighted by atomic mass is 9.89. The van der Waals surface area contributed by atoms with Gasteiger partial charge in [-0.3, -0.25) is 0 Å². The lowest BCUT2D eigenvalue weighted by Gasteiger charge is -2.27. The van der Waals surface area contributed by atoms with Crippen molar-refractivity contribution in [3.05, 3.63) is 35.9 Å². The molecular formula is C24H34FN5S.